The Labute approximate surface area is 154 Å². The molecule has 0 spiro atoms. The summed E-state index contributed by atoms with van der Waals surface area (Å²) in [5.41, 5.74) is 5.60. The number of rotatable bonds is 7. The second-order valence-corrected chi connectivity index (χ2v) is 6.67. The molecule has 26 heavy (non-hydrogen) atoms. The average Bonchev–Trinajstić information content (AvgIpc) is 3.06. The molecule has 10 heteroatoms. The maximum Gasteiger partial charge on any atom is 0.318 e. The van der Waals surface area contributed by atoms with Gasteiger partial charge in [0.25, 0.3) is 11.1 Å². The summed E-state index contributed by atoms with van der Waals surface area (Å²) in [6.07, 6.45) is 0. The number of methoxy groups -OCH3 is 2. The molecule has 1 aromatic carbocycles. The lowest BCUT2D eigenvalue weighted by atomic mass is 10.1. The summed E-state index contributed by atoms with van der Waals surface area (Å²) < 4.78 is 16.1. The van der Waals surface area contributed by atoms with Crippen LogP contribution in [0.2, 0.25) is 0 Å². The van der Waals surface area contributed by atoms with Gasteiger partial charge in [0.15, 0.2) is 0 Å². The molecule has 2 rings (SSSR count). The van der Waals surface area contributed by atoms with Crippen LogP contribution in [0, 0.1) is 5.92 Å². The van der Waals surface area contributed by atoms with E-state index in [2.05, 4.69) is 15.5 Å². The predicted octanol–water partition coefficient (Wildman–Crippen LogP) is 2.07. The summed E-state index contributed by atoms with van der Waals surface area (Å²) in [5, 5.41) is 9.60. The van der Waals surface area contributed by atoms with E-state index in [0.29, 0.717) is 17.1 Å². The van der Waals surface area contributed by atoms with Crippen LogP contribution in [-0.4, -0.2) is 41.6 Å². The van der Waals surface area contributed by atoms with Gasteiger partial charge in [0.05, 0.1) is 25.0 Å². The number of thioether (sulfide) groups is 1. The lowest BCUT2D eigenvalue weighted by Crippen LogP contribution is -2.42. The molecule has 0 saturated heterocycles. The van der Waals surface area contributed by atoms with E-state index in [4.69, 9.17) is 19.6 Å². The molecule has 0 aliphatic carbocycles. The molecule has 0 aliphatic heterocycles. The molecule has 3 N–H and O–H groups in total. The summed E-state index contributed by atoms with van der Waals surface area (Å²) in [4.78, 5) is 23.0. The van der Waals surface area contributed by atoms with Crippen LogP contribution in [0.3, 0.4) is 0 Å². The van der Waals surface area contributed by atoms with Crippen molar-refractivity contribution >= 4 is 23.7 Å². The predicted molar refractivity (Wildman–Crippen MR) is 95.0 cm³/mol. The zero-order valence-corrected chi connectivity index (χ0v) is 15.6. The van der Waals surface area contributed by atoms with E-state index in [1.165, 1.54) is 7.11 Å². The zero-order chi connectivity index (χ0) is 19.3. The molecule has 140 valence electrons. The molecule has 0 saturated carbocycles. The van der Waals surface area contributed by atoms with Crippen molar-refractivity contribution in [2.75, 3.05) is 14.2 Å². The van der Waals surface area contributed by atoms with Gasteiger partial charge in [-0.2, -0.15) is 0 Å². The molecule has 0 fully saturated rings. The Hall–Kier alpha value is -2.75. The van der Waals surface area contributed by atoms with Crippen LogP contribution in [0.4, 0.5) is 4.79 Å². The van der Waals surface area contributed by atoms with E-state index >= 15 is 0 Å². The molecule has 9 nitrogen and oxygen atoms in total. The third-order valence-corrected chi connectivity index (χ3v) is 4.76. The smallest absolute Gasteiger partial charge is 0.318 e. The number of nitrogens with zero attached hydrogens (tertiary/aromatic N) is 2. The minimum Gasteiger partial charge on any atom is -0.497 e. The highest BCUT2D eigenvalue weighted by molar-refractivity contribution is 8.00. The number of nitrogens with two attached hydrogens (primary N) is 1. The Bertz CT molecular complexity index is 793. The zero-order valence-electron chi connectivity index (χ0n) is 14.8. The molecule has 0 aliphatic rings. The summed E-state index contributed by atoms with van der Waals surface area (Å²) in [6, 6.07) is 4.27. The molecular weight excluding hydrogens is 360 g/mol. The number of primary amides is 1. The fourth-order valence-electron chi connectivity index (χ4n) is 2.13. The highest BCUT2D eigenvalue weighted by Crippen LogP contribution is 2.35. The van der Waals surface area contributed by atoms with Gasteiger partial charge < -0.3 is 19.6 Å². The van der Waals surface area contributed by atoms with Crippen molar-refractivity contribution in [1.29, 1.82) is 0 Å². The number of carbonyl (C=O) groups excluding carboxylic acids is 2. The summed E-state index contributed by atoms with van der Waals surface area (Å²) >= 11 is 1.06. The number of benzene rings is 1. The van der Waals surface area contributed by atoms with Gasteiger partial charge in [0.1, 0.15) is 11.5 Å². The largest absolute Gasteiger partial charge is 0.497 e. The lowest BCUT2D eigenvalue weighted by molar-refractivity contribution is -0.120. The number of aromatic nitrogens is 2. The van der Waals surface area contributed by atoms with Crippen molar-refractivity contribution in [1.82, 2.24) is 15.5 Å². The third-order valence-electron chi connectivity index (χ3n) is 3.38. The Morgan fingerprint density at radius 2 is 1.96 bits per heavy atom. The van der Waals surface area contributed by atoms with Gasteiger partial charge in [0.2, 0.25) is 5.91 Å². The standard InChI is InChI=1S/C16H20N4O5S/c1-8(2)12(13(21)18-15(17)22)26-16-20-19-14(25-16)10-6-5-9(23-3)7-11(10)24-4/h5-8,12H,1-4H3,(H3,17,18,21,22)/t12-/m1/s1. The van der Waals surface area contributed by atoms with Gasteiger partial charge >= 0.3 is 6.03 Å². The second-order valence-electron chi connectivity index (χ2n) is 5.58. The first-order chi connectivity index (χ1) is 12.3. The quantitative estimate of drug-likeness (QED) is 0.698. The van der Waals surface area contributed by atoms with Crippen molar-refractivity contribution < 1.29 is 23.5 Å². The van der Waals surface area contributed by atoms with Crippen molar-refractivity contribution in [2.24, 2.45) is 11.7 Å². The van der Waals surface area contributed by atoms with Crippen LogP contribution in [0.5, 0.6) is 11.5 Å². The molecule has 0 radical (unpaired) electrons. The van der Waals surface area contributed by atoms with E-state index < -0.39 is 17.2 Å². The van der Waals surface area contributed by atoms with Gasteiger partial charge in [-0.25, -0.2) is 4.79 Å². The Balaban J connectivity index is 2.23. The van der Waals surface area contributed by atoms with E-state index in [1.807, 2.05) is 13.8 Å². The second kappa shape index (κ2) is 8.56. The molecule has 0 unspecified atom stereocenters. The van der Waals surface area contributed by atoms with E-state index in [-0.39, 0.29) is 17.0 Å². The SMILES string of the molecule is COc1ccc(-c2nnc(S[C@@H](C(=O)NC(N)=O)C(C)C)o2)c(OC)c1. The van der Waals surface area contributed by atoms with Crippen LogP contribution in [-0.2, 0) is 4.79 Å². The van der Waals surface area contributed by atoms with Crippen molar-refractivity contribution in [3.63, 3.8) is 0 Å². The highest BCUT2D eigenvalue weighted by atomic mass is 32.2. The average molecular weight is 380 g/mol. The maximum atomic E-state index is 12.1. The van der Waals surface area contributed by atoms with Crippen molar-refractivity contribution in [3.8, 4) is 23.0 Å². The monoisotopic (exact) mass is 380 g/mol. The number of ether oxygens (including phenoxy) is 2. The molecule has 1 aromatic heterocycles. The fourth-order valence-corrected chi connectivity index (χ4v) is 3.01. The summed E-state index contributed by atoms with van der Waals surface area (Å²) in [7, 11) is 3.08. The Kier molecular flexibility index (Phi) is 6.45. The summed E-state index contributed by atoms with van der Waals surface area (Å²) in [5.74, 6) is 0.772. The first-order valence-corrected chi connectivity index (χ1v) is 8.56. The number of amides is 3. The minimum absolute atomic E-state index is 0.0924. The van der Waals surface area contributed by atoms with Gasteiger partial charge in [0, 0.05) is 6.07 Å². The number of hydrogen-bond acceptors (Lipinski definition) is 8. The number of hydrogen-bond donors (Lipinski definition) is 2. The number of carbonyl (C=O) groups is 2. The van der Waals surface area contributed by atoms with Gasteiger partial charge in [-0.15, -0.1) is 10.2 Å². The maximum absolute atomic E-state index is 12.1. The lowest BCUT2D eigenvalue weighted by Gasteiger charge is -2.16. The van der Waals surface area contributed by atoms with Crippen LogP contribution in [0.25, 0.3) is 11.5 Å². The van der Waals surface area contributed by atoms with E-state index in [0.717, 1.165) is 11.8 Å². The van der Waals surface area contributed by atoms with Crippen molar-refractivity contribution in [2.45, 2.75) is 24.3 Å². The Morgan fingerprint density at radius 1 is 1.23 bits per heavy atom. The number of urea groups is 1. The molecule has 1 heterocycles. The number of imide groups is 1. The normalized spacial score (nSPS) is 11.9. The molecule has 0 bridgehead atoms. The van der Waals surface area contributed by atoms with Gasteiger partial charge in [-0.3, -0.25) is 10.1 Å². The van der Waals surface area contributed by atoms with Crippen LogP contribution in [0.15, 0.2) is 27.8 Å². The van der Waals surface area contributed by atoms with E-state index in [9.17, 15) is 9.59 Å². The Morgan fingerprint density at radius 3 is 2.54 bits per heavy atom. The van der Waals surface area contributed by atoms with Crippen molar-refractivity contribution in [3.05, 3.63) is 18.2 Å². The molecule has 3 amide bonds. The van der Waals surface area contributed by atoms with E-state index in [1.54, 1.807) is 25.3 Å². The highest BCUT2D eigenvalue weighted by Gasteiger charge is 2.27. The van der Waals surface area contributed by atoms with Crippen LogP contribution in [0.1, 0.15) is 13.8 Å². The summed E-state index contributed by atoms with van der Waals surface area (Å²) in [6.45, 7) is 3.67. The first kappa shape index (κ1) is 19.6. The van der Waals surface area contributed by atoms with Crippen LogP contribution >= 0.6 is 11.8 Å². The van der Waals surface area contributed by atoms with Crippen LogP contribution < -0.4 is 20.5 Å². The number of nitrogens with one attached hydrogen (secondary N) is 1. The van der Waals surface area contributed by atoms with Gasteiger partial charge in [-0.1, -0.05) is 25.6 Å². The topological polar surface area (TPSA) is 130 Å². The fraction of sp³-hybridized carbons (Fsp3) is 0.375. The first-order valence-electron chi connectivity index (χ1n) is 7.68. The molecule has 1 atom stereocenters. The minimum atomic E-state index is -0.907. The van der Waals surface area contributed by atoms with Gasteiger partial charge in [-0.05, 0) is 18.1 Å². The third kappa shape index (κ3) is 4.66. The molecule has 2 aromatic rings. The molecular formula is C16H20N4O5S.